The van der Waals surface area contributed by atoms with E-state index in [1.54, 1.807) is 12.3 Å². The zero-order valence-corrected chi connectivity index (χ0v) is 16.2. The first-order valence-electron chi connectivity index (χ1n) is 8.93. The van der Waals surface area contributed by atoms with E-state index in [-0.39, 0.29) is 23.3 Å². The summed E-state index contributed by atoms with van der Waals surface area (Å²) in [5.41, 5.74) is 2.29. The summed E-state index contributed by atoms with van der Waals surface area (Å²) >= 11 is 0. The molecule has 3 aromatic rings. The number of anilines is 1. The van der Waals surface area contributed by atoms with Crippen LogP contribution in [0.1, 0.15) is 52.7 Å². The summed E-state index contributed by atoms with van der Waals surface area (Å²) < 4.78 is 6.93. The van der Waals surface area contributed by atoms with Crippen LogP contribution >= 0.6 is 0 Å². The van der Waals surface area contributed by atoms with Crippen LogP contribution in [0.5, 0.6) is 5.75 Å². The van der Waals surface area contributed by atoms with Gasteiger partial charge in [-0.1, -0.05) is 6.92 Å². The zero-order chi connectivity index (χ0) is 20.4. The Labute approximate surface area is 162 Å². The number of aryl methyl sites for hydroxylation is 1. The molecule has 0 bridgehead atoms. The Kier molecular flexibility index (Phi) is 5.30. The Bertz CT molecular complexity index is 1060. The van der Waals surface area contributed by atoms with Crippen LogP contribution in [0.2, 0.25) is 0 Å². The fourth-order valence-electron chi connectivity index (χ4n) is 2.97. The van der Waals surface area contributed by atoms with Crippen molar-refractivity contribution in [3.63, 3.8) is 0 Å². The van der Waals surface area contributed by atoms with Crippen LogP contribution in [0.4, 0.5) is 5.69 Å². The standard InChI is InChI=1S/C20H22N4O4/c1-5-12(3)24-18-16(10-21-24)15(8-11(2)22-18)19(25)23-13-6-7-14(20(26)27)17(9-13)28-4/h6-10,12H,5H2,1-4H3,(H,23,25)(H,26,27). The average molecular weight is 382 g/mol. The predicted molar refractivity (Wildman–Crippen MR) is 105 cm³/mol. The van der Waals surface area contributed by atoms with E-state index in [1.165, 1.54) is 25.3 Å². The van der Waals surface area contributed by atoms with E-state index in [9.17, 15) is 14.7 Å². The fraction of sp³-hybridized carbons (Fsp3) is 0.300. The highest BCUT2D eigenvalue weighted by Gasteiger charge is 2.19. The van der Waals surface area contributed by atoms with Gasteiger partial charge in [0.1, 0.15) is 11.3 Å². The van der Waals surface area contributed by atoms with Gasteiger partial charge in [-0.05, 0) is 38.5 Å². The van der Waals surface area contributed by atoms with Crippen molar-refractivity contribution in [1.29, 1.82) is 0 Å². The fourth-order valence-corrected chi connectivity index (χ4v) is 2.97. The molecule has 28 heavy (non-hydrogen) atoms. The molecule has 0 radical (unpaired) electrons. The van der Waals surface area contributed by atoms with Gasteiger partial charge in [0, 0.05) is 17.4 Å². The lowest BCUT2D eigenvalue weighted by molar-refractivity contribution is 0.0693. The van der Waals surface area contributed by atoms with E-state index < -0.39 is 5.97 Å². The number of pyridine rings is 1. The van der Waals surface area contributed by atoms with Gasteiger partial charge in [-0.3, -0.25) is 4.79 Å². The maximum absolute atomic E-state index is 12.9. The number of nitrogens with one attached hydrogen (secondary N) is 1. The van der Waals surface area contributed by atoms with Crippen molar-refractivity contribution in [3.05, 3.63) is 47.3 Å². The second-order valence-electron chi connectivity index (χ2n) is 6.57. The summed E-state index contributed by atoms with van der Waals surface area (Å²) in [5.74, 6) is -1.26. The molecule has 8 nitrogen and oxygen atoms in total. The van der Waals surface area contributed by atoms with Crippen molar-refractivity contribution in [1.82, 2.24) is 14.8 Å². The van der Waals surface area contributed by atoms with Crippen LogP contribution in [0.15, 0.2) is 30.5 Å². The lowest BCUT2D eigenvalue weighted by Crippen LogP contribution is -2.14. The van der Waals surface area contributed by atoms with Gasteiger partial charge >= 0.3 is 5.97 Å². The molecule has 146 valence electrons. The minimum atomic E-state index is -1.10. The van der Waals surface area contributed by atoms with E-state index in [2.05, 4.69) is 22.3 Å². The van der Waals surface area contributed by atoms with Crippen molar-refractivity contribution in [2.45, 2.75) is 33.2 Å². The second kappa shape index (κ2) is 7.67. The number of ether oxygens (including phenoxy) is 1. The Morgan fingerprint density at radius 1 is 1.29 bits per heavy atom. The summed E-state index contributed by atoms with van der Waals surface area (Å²) in [5, 5.41) is 17.0. The number of carbonyl (C=O) groups excluding carboxylic acids is 1. The number of carboxylic acids is 1. The van der Waals surface area contributed by atoms with E-state index in [4.69, 9.17) is 4.74 Å². The molecule has 3 rings (SSSR count). The van der Waals surface area contributed by atoms with Crippen LogP contribution in [0.25, 0.3) is 11.0 Å². The van der Waals surface area contributed by atoms with Gasteiger partial charge in [0.15, 0.2) is 5.65 Å². The van der Waals surface area contributed by atoms with Crippen LogP contribution in [0, 0.1) is 6.92 Å². The third kappa shape index (κ3) is 3.53. The third-order valence-electron chi connectivity index (χ3n) is 4.64. The number of hydrogen-bond acceptors (Lipinski definition) is 5. The lowest BCUT2D eigenvalue weighted by atomic mass is 10.1. The van der Waals surface area contributed by atoms with Crippen molar-refractivity contribution in [2.24, 2.45) is 0 Å². The van der Waals surface area contributed by atoms with Crippen molar-refractivity contribution < 1.29 is 19.4 Å². The molecular formula is C20H22N4O4. The number of rotatable bonds is 6. The Balaban J connectivity index is 1.98. The zero-order valence-electron chi connectivity index (χ0n) is 16.2. The molecule has 0 saturated heterocycles. The highest BCUT2D eigenvalue weighted by atomic mass is 16.5. The normalized spacial score (nSPS) is 12.0. The largest absolute Gasteiger partial charge is 0.496 e. The summed E-state index contributed by atoms with van der Waals surface area (Å²) in [4.78, 5) is 28.7. The minimum Gasteiger partial charge on any atom is -0.496 e. The van der Waals surface area contributed by atoms with Gasteiger partial charge in [-0.25, -0.2) is 14.5 Å². The van der Waals surface area contributed by atoms with Gasteiger partial charge in [0.05, 0.1) is 30.3 Å². The van der Waals surface area contributed by atoms with Crippen molar-refractivity contribution in [3.8, 4) is 5.75 Å². The number of carbonyl (C=O) groups is 2. The number of methoxy groups -OCH3 is 1. The quantitative estimate of drug-likeness (QED) is 0.674. The molecule has 0 spiro atoms. The monoisotopic (exact) mass is 382 g/mol. The first kappa shape index (κ1) is 19.3. The highest BCUT2D eigenvalue weighted by Crippen LogP contribution is 2.26. The SMILES string of the molecule is CCC(C)n1ncc2c(C(=O)Nc3ccc(C(=O)O)c(OC)c3)cc(C)nc21. The topological polar surface area (TPSA) is 106 Å². The van der Waals surface area contributed by atoms with Crippen molar-refractivity contribution >= 4 is 28.6 Å². The molecule has 0 fully saturated rings. The molecule has 2 heterocycles. The first-order chi connectivity index (χ1) is 13.3. The molecule has 0 aliphatic rings. The summed E-state index contributed by atoms with van der Waals surface area (Å²) in [7, 11) is 1.38. The molecule has 2 N–H and O–H groups in total. The molecular weight excluding hydrogens is 360 g/mol. The maximum Gasteiger partial charge on any atom is 0.339 e. The smallest absolute Gasteiger partial charge is 0.339 e. The lowest BCUT2D eigenvalue weighted by Gasteiger charge is -2.12. The van der Waals surface area contributed by atoms with E-state index >= 15 is 0 Å². The Morgan fingerprint density at radius 2 is 2.04 bits per heavy atom. The number of carboxylic acid groups (broad SMARTS) is 1. The number of fused-ring (bicyclic) bond motifs is 1. The number of nitrogens with zero attached hydrogens (tertiary/aromatic N) is 3. The molecule has 1 amide bonds. The number of benzene rings is 1. The molecule has 8 heteroatoms. The number of hydrogen-bond donors (Lipinski definition) is 2. The summed E-state index contributed by atoms with van der Waals surface area (Å²) in [6, 6.07) is 6.27. The first-order valence-corrected chi connectivity index (χ1v) is 8.93. The predicted octanol–water partition coefficient (Wildman–Crippen LogP) is 3.67. The minimum absolute atomic E-state index is 0.0254. The van der Waals surface area contributed by atoms with E-state index in [0.717, 1.165) is 6.42 Å². The molecule has 0 aliphatic carbocycles. The molecule has 1 aromatic carbocycles. The third-order valence-corrected chi connectivity index (χ3v) is 4.64. The second-order valence-corrected chi connectivity index (χ2v) is 6.57. The van der Waals surface area contributed by atoms with E-state index in [1.807, 2.05) is 18.5 Å². The number of aromatic nitrogens is 3. The maximum atomic E-state index is 12.9. The average Bonchev–Trinajstić information content (AvgIpc) is 3.09. The summed E-state index contributed by atoms with van der Waals surface area (Å²) in [6.07, 6.45) is 2.54. The Morgan fingerprint density at radius 3 is 2.68 bits per heavy atom. The van der Waals surface area contributed by atoms with Gasteiger partial charge in [-0.2, -0.15) is 5.10 Å². The molecule has 0 aliphatic heterocycles. The van der Waals surface area contributed by atoms with E-state index in [0.29, 0.717) is 28.0 Å². The number of aromatic carboxylic acids is 1. The number of amides is 1. The van der Waals surface area contributed by atoms with Gasteiger partial charge in [0.25, 0.3) is 5.91 Å². The molecule has 1 atom stereocenters. The molecule has 0 saturated carbocycles. The van der Waals surface area contributed by atoms with Crippen LogP contribution in [0.3, 0.4) is 0 Å². The Hall–Kier alpha value is -3.42. The van der Waals surface area contributed by atoms with Gasteiger partial charge in [0.2, 0.25) is 0 Å². The van der Waals surface area contributed by atoms with Crippen molar-refractivity contribution in [2.75, 3.05) is 12.4 Å². The molecule has 1 unspecified atom stereocenters. The van der Waals surface area contributed by atoms with Gasteiger partial charge < -0.3 is 15.2 Å². The highest BCUT2D eigenvalue weighted by molar-refractivity contribution is 6.12. The van der Waals surface area contributed by atoms with Crippen LogP contribution in [-0.2, 0) is 0 Å². The van der Waals surface area contributed by atoms with Crippen LogP contribution in [-0.4, -0.2) is 38.9 Å². The van der Waals surface area contributed by atoms with Crippen LogP contribution < -0.4 is 10.1 Å². The summed E-state index contributed by atoms with van der Waals surface area (Å²) in [6.45, 7) is 5.94. The van der Waals surface area contributed by atoms with Gasteiger partial charge in [-0.15, -0.1) is 0 Å². The molecule has 2 aromatic heterocycles.